The van der Waals surface area contributed by atoms with Crippen molar-refractivity contribution in [2.24, 2.45) is 0 Å². The SMILES string of the molecule is [3H]c1cccc2c1ncn2C(C)C. The minimum Gasteiger partial charge on any atom is -0.328 e. The number of para-hydroxylation sites is 2. The fraction of sp³-hybridized carbons (Fsp3) is 0.300. The molecule has 1 aromatic carbocycles. The van der Waals surface area contributed by atoms with E-state index in [1.807, 2.05) is 12.1 Å². The van der Waals surface area contributed by atoms with Gasteiger partial charge in [0, 0.05) is 6.04 Å². The zero-order valence-electron chi connectivity index (χ0n) is 8.28. The van der Waals surface area contributed by atoms with Crippen LogP contribution in [0.25, 0.3) is 11.0 Å². The molecular weight excluding hydrogens is 148 g/mol. The number of benzene rings is 1. The highest BCUT2D eigenvalue weighted by atomic mass is 15.1. The first-order chi connectivity index (χ1) is 6.20. The van der Waals surface area contributed by atoms with Crippen molar-refractivity contribution in [3.8, 4) is 0 Å². The van der Waals surface area contributed by atoms with E-state index in [1.54, 1.807) is 12.4 Å². The fourth-order valence-corrected chi connectivity index (χ4v) is 1.32. The summed E-state index contributed by atoms with van der Waals surface area (Å²) in [5, 5.41) is 0. The number of aromatic nitrogens is 2. The highest BCUT2D eigenvalue weighted by molar-refractivity contribution is 5.75. The number of rotatable bonds is 1. The maximum atomic E-state index is 7.64. The van der Waals surface area contributed by atoms with E-state index in [4.69, 9.17) is 1.37 Å². The molecule has 0 aliphatic rings. The number of fused-ring (bicyclic) bond motifs is 1. The van der Waals surface area contributed by atoms with Crippen LogP contribution >= 0.6 is 0 Å². The molecule has 0 aliphatic carbocycles. The van der Waals surface area contributed by atoms with Crippen LogP contribution in [-0.2, 0) is 0 Å². The molecule has 2 heteroatoms. The van der Waals surface area contributed by atoms with Crippen LogP contribution in [0.3, 0.4) is 0 Å². The standard InChI is InChI=1S/C10H12N2/c1-8(2)12-7-11-9-5-3-4-6-10(9)12/h3-8H,1-2H3/i5T. The molecule has 0 unspecified atom stereocenters. The minimum absolute atomic E-state index is 0.395. The summed E-state index contributed by atoms with van der Waals surface area (Å²) < 4.78 is 9.72. The lowest BCUT2D eigenvalue weighted by Gasteiger charge is -2.06. The van der Waals surface area contributed by atoms with Gasteiger partial charge in [-0.05, 0) is 26.0 Å². The number of hydrogen-bond acceptors (Lipinski definition) is 1. The predicted molar refractivity (Wildman–Crippen MR) is 50.1 cm³/mol. The molecule has 0 radical (unpaired) electrons. The zero-order valence-corrected chi connectivity index (χ0v) is 7.28. The summed E-state index contributed by atoms with van der Waals surface area (Å²) in [6.07, 6.45) is 1.80. The second kappa shape index (κ2) is 2.63. The molecule has 1 heterocycles. The summed E-state index contributed by atoms with van der Waals surface area (Å²) in [6, 6.07) is 6.55. The molecule has 2 aromatic rings. The van der Waals surface area contributed by atoms with E-state index < -0.39 is 0 Å². The van der Waals surface area contributed by atoms with Gasteiger partial charge in [-0.2, -0.15) is 0 Å². The molecule has 0 aliphatic heterocycles. The summed E-state index contributed by atoms with van der Waals surface area (Å²) in [5.74, 6) is 0. The quantitative estimate of drug-likeness (QED) is 0.630. The summed E-state index contributed by atoms with van der Waals surface area (Å²) in [5.41, 5.74) is 1.83. The highest BCUT2D eigenvalue weighted by Gasteiger charge is 2.02. The molecule has 2 nitrogen and oxygen atoms in total. The van der Waals surface area contributed by atoms with Crippen LogP contribution in [0, 0.1) is 0 Å². The van der Waals surface area contributed by atoms with Gasteiger partial charge in [-0.15, -0.1) is 0 Å². The molecule has 0 amide bonds. The molecule has 0 atom stereocenters. The molecule has 0 bridgehead atoms. The van der Waals surface area contributed by atoms with Crippen LogP contribution in [-0.4, -0.2) is 9.55 Å². The van der Waals surface area contributed by atoms with Crippen molar-refractivity contribution >= 4 is 11.0 Å². The van der Waals surface area contributed by atoms with Crippen LogP contribution < -0.4 is 0 Å². The Morgan fingerprint density at radius 1 is 1.50 bits per heavy atom. The molecule has 0 fully saturated rings. The first-order valence-corrected chi connectivity index (χ1v) is 4.12. The summed E-state index contributed by atoms with van der Waals surface area (Å²) in [6.45, 7) is 4.22. The highest BCUT2D eigenvalue weighted by Crippen LogP contribution is 2.15. The van der Waals surface area contributed by atoms with E-state index in [9.17, 15) is 0 Å². The van der Waals surface area contributed by atoms with E-state index in [0.29, 0.717) is 12.1 Å². The Bertz CT molecular complexity index is 431. The predicted octanol–water partition coefficient (Wildman–Crippen LogP) is 2.62. The molecule has 2 rings (SSSR count). The maximum absolute atomic E-state index is 7.64. The Morgan fingerprint density at radius 2 is 2.33 bits per heavy atom. The van der Waals surface area contributed by atoms with Crippen LogP contribution in [0.15, 0.2) is 30.6 Å². The van der Waals surface area contributed by atoms with Gasteiger partial charge >= 0.3 is 0 Å². The normalized spacial score (nSPS) is 12.4. The lowest BCUT2D eigenvalue weighted by molar-refractivity contribution is 0.617. The van der Waals surface area contributed by atoms with Gasteiger partial charge in [-0.25, -0.2) is 4.98 Å². The third-order valence-electron chi connectivity index (χ3n) is 1.96. The van der Waals surface area contributed by atoms with Crippen LogP contribution in [0.4, 0.5) is 0 Å². The van der Waals surface area contributed by atoms with Gasteiger partial charge in [-0.3, -0.25) is 0 Å². The number of imidazole rings is 1. The van der Waals surface area contributed by atoms with E-state index in [-0.39, 0.29) is 0 Å². The first-order valence-electron chi connectivity index (χ1n) is 4.62. The summed E-state index contributed by atoms with van der Waals surface area (Å²) >= 11 is 0. The van der Waals surface area contributed by atoms with E-state index in [1.165, 1.54) is 0 Å². The molecule has 0 saturated heterocycles. The topological polar surface area (TPSA) is 17.8 Å². The third kappa shape index (κ3) is 0.998. The minimum atomic E-state index is 0.395. The molecule has 12 heavy (non-hydrogen) atoms. The third-order valence-corrected chi connectivity index (χ3v) is 1.96. The van der Waals surface area contributed by atoms with E-state index in [0.717, 1.165) is 11.0 Å². The second-order valence-corrected chi connectivity index (χ2v) is 3.15. The van der Waals surface area contributed by atoms with Crippen molar-refractivity contribution in [2.45, 2.75) is 19.9 Å². The average Bonchev–Trinajstić information content (AvgIpc) is 2.48. The van der Waals surface area contributed by atoms with Crippen LogP contribution in [0.2, 0.25) is 0 Å². The van der Waals surface area contributed by atoms with Gasteiger partial charge in [0.05, 0.1) is 18.7 Å². The second-order valence-electron chi connectivity index (χ2n) is 3.15. The molecule has 0 spiro atoms. The van der Waals surface area contributed by atoms with Gasteiger partial charge in [0.15, 0.2) is 0 Å². The van der Waals surface area contributed by atoms with Gasteiger partial charge in [0.1, 0.15) is 0 Å². The summed E-state index contributed by atoms with van der Waals surface area (Å²) in [7, 11) is 0. The first kappa shape index (κ1) is 6.23. The zero-order chi connectivity index (χ0) is 9.42. The van der Waals surface area contributed by atoms with Gasteiger partial charge < -0.3 is 4.57 Å². The maximum Gasteiger partial charge on any atom is 0.0960 e. The fourth-order valence-electron chi connectivity index (χ4n) is 1.32. The Hall–Kier alpha value is -1.31. The number of hydrogen-bond donors (Lipinski definition) is 0. The average molecular weight is 162 g/mol. The molecule has 62 valence electrons. The van der Waals surface area contributed by atoms with Crippen molar-refractivity contribution in [2.75, 3.05) is 0 Å². The summed E-state index contributed by atoms with van der Waals surface area (Å²) in [4.78, 5) is 4.21. The van der Waals surface area contributed by atoms with Crippen molar-refractivity contribution in [1.82, 2.24) is 9.55 Å². The Labute approximate surface area is 73.3 Å². The smallest absolute Gasteiger partial charge is 0.0960 e. The van der Waals surface area contributed by atoms with Crippen molar-refractivity contribution in [3.63, 3.8) is 0 Å². The molecule has 1 aromatic heterocycles. The van der Waals surface area contributed by atoms with E-state index in [2.05, 4.69) is 23.4 Å². The van der Waals surface area contributed by atoms with Crippen LogP contribution in [0.1, 0.15) is 21.3 Å². The molecular formula is C10H12N2. The van der Waals surface area contributed by atoms with Crippen LogP contribution in [0.5, 0.6) is 0 Å². The van der Waals surface area contributed by atoms with Gasteiger partial charge in [0.2, 0.25) is 0 Å². The van der Waals surface area contributed by atoms with Crippen molar-refractivity contribution < 1.29 is 1.37 Å². The van der Waals surface area contributed by atoms with E-state index >= 15 is 0 Å². The van der Waals surface area contributed by atoms with Crippen molar-refractivity contribution in [3.05, 3.63) is 30.6 Å². The monoisotopic (exact) mass is 162 g/mol. The Morgan fingerprint density at radius 3 is 3.08 bits per heavy atom. The Balaban J connectivity index is 2.75. The van der Waals surface area contributed by atoms with Crippen molar-refractivity contribution in [1.29, 1.82) is 0 Å². The number of nitrogens with zero attached hydrogens (tertiary/aromatic N) is 2. The van der Waals surface area contributed by atoms with Gasteiger partial charge in [-0.1, -0.05) is 12.1 Å². The lowest BCUT2D eigenvalue weighted by Crippen LogP contribution is -1.97. The van der Waals surface area contributed by atoms with Gasteiger partial charge in [0.25, 0.3) is 0 Å². The lowest BCUT2D eigenvalue weighted by atomic mass is 10.3. The Kier molecular flexibility index (Phi) is 1.36. The molecule has 0 N–H and O–H groups in total. The molecule has 0 saturated carbocycles. The largest absolute Gasteiger partial charge is 0.328 e.